The third-order valence-corrected chi connectivity index (χ3v) is 2.90. The minimum absolute atomic E-state index is 0.209. The van der Waals surface area contributed by atoms with E-state index in [0.717, 1.165) is 12.1 Å². The van der Waals surface area contributed by atoms with Gasteiger partial charge in [-0.3, -0.25) is 0 Å². The highest BCUT2D eigenvalue weighted by molar-refractivity contribution is 5.72. The highest BCUT2D eigenvalue weighted by atomic mass is 19.4. The van der Waals surface area contributed by atoms with Crippen LogP contribution in [0.1, 0.15) is 11.1 Å². The van der Waals surface area contributed by atoms with Gasteiger partial charge in [-0.25, -0.2) is 8.78 Å². The molecular weight excluding hydrogens is 320 g/mol. The standard InChI is InChI=1S/C14H6F8/c15-10-6-5-9(14(20,21)22)11(12(10)16)7-3-1-2-4-8(7)13(17,18)19/h1-6H. The summed E-state index contributed by atoms with van der Waals surface area (Å²) in [5.74, 6) is -3.65. The van der Waals surface area contributed by atoms with Crippen LogP contribution in [0.2, 0.25) is 0 Å². The average Bonchev–Trinajstić information content (AvgIpc) is 2.39. The summed E-state index contributed by atoms with van der Waals surface area (Å²) < 4.78 is 104. The van der Waals surface area contributed by atoms with Crippen LogP contribution < -0.4 is 0 Å². The normalized spacial score (nSPS) is 12.5. The Morgan fingerprint density at radius 2 is 1.18 bits per heavy atom. The molecule has 118 valence electrons. The molecule has 0 atom stereocenters. The first kappa shape index (κ1) is 16.3. The molecule has 0 unspecified atom stereocenters. The molecule has 0 fully saturated rings. The number of rotatable bonds is 1. The van der Waals surface area contributed by atoms with Crippen LogP contribution in [0.4, 0.5) is 35.1 Å². The zero-order chi connectivity index (χ0) is 16.7. The Labute approximate surface area is 119 Å². The monoisotopic (exact) mass is 326 g/mol. The molecule has 0 radical (unpaired) electrons. The number of hydrogen-bond acceptors (Lipinski definition) is 0. The Bertz CT molecular complexity index is 697. The van der Waals surface area contributed by atoms with Crippen molar-refractivity contribution in [2.75, 3.05) is 0 Å². The highest BCUT2D eigenvalue weighted by Gasteiger charge is 2.40. The van der Waals surface area contributed by atoms with Crippen LogP contribution in [-0.4, -0.2) is 0 Å². The molecule has 0 aliphatic carbocycles. The molecule has 0 saturated carbocycles. The van der Waals surface area contributed by atoms with E-state index in [1.54, 1.807) is 0 Å². The van der Waals surface area contributed by atoms with Gasteiger partial charge in [-0.1, -0.05) is 18.2 Å². The molecule has 0 N–H and O–H groups in total. The lowest BCUT2D eigenvalue weighted by atomic mass is 9.94. The number of benzene rings is 2. The van der Waals surface area contributed by atoms with Crippen molar-refractivity contribution in [2.24, 2.45) is 0 Å². The first-order chi connectivity index (χ1) is 10.0. The van der Waals surface area contributed by atoms with Gasteiger partial charge in [0.1, 0.15) is 0 Å². The SMILES string of the molecule is Fc1ccc(C(F)(F)F)c(-c2ccccc2C(F)(F)F)c1F. The molecule has 0 aliphatic heterocycles. The third kappa shape index (κ3) is 2.90. The molecule has 0 nitrogen and oxygen atoms in total. The van der Waals surface area contributed by atoms with Crippen molar-refractivity contribution in [1.82, 2.24) is 0 Å². The Hall–Kier alpha value is -2.12. The largest absolute Gasteiger partial charge is 0.417 e. The fourth-order valence-corrected chi connectivity index (χ4v) is 2.00. The van der Waals surface area contributed by atoms with Crippen LogP contribution in [0.15, 0.2) is 36.4 Å². The minimum atomic E-state index is -5.14. The zero-order valence-electron chi connectivity index (χ0n) is 10.5. The van der Waals surface area contributed by atoms with E-state index in [4.69, 9.17) is 0 Å². The molecule has 0 spiro atoms. The van der Waals surface area contributed by atoms with Gasteiger partial charge in [0.25, 0.3) is 0 Å². The van der Waals surface area contributed by atoms with Crippen molar-refractivity contribution < 1.29 is 35.1 Å². The number of hydrogen-bond donors (Lipinski definition) is 0. The quantitative estimate of drug-likeness (QED) is 0.592. The van der Waals surface area contributed by atoms with E-state index in [9.17, 15) is 35.1 Å². The first-order valence-corrected chi connectivity index (χ1v) is 5.75. The van der Waals surface area contributed by atoms with Gasteiger partial charge in [0.2, 0.25) is 0 Å². The molecule has 0 aromatic heterocycles. The molecule has 0 heterocycles. The molecule has 0 bridgehead atoms. The molecule has 2 rings (SSSR count). The molecule has 0 aliphatic rings. The lowest BCUT2D eigenvalue weighted by Gasteiger charge is -2.18. The summed E-state index contributed by atoms with van der Waals surface area (Å²) in [4.78, 5) is 0. The van der Waals surface area contributed by atoms with E-state index in [1.807, 2.05) is 0 Å². The molecule has 0 saturated heterocycles. The van der Waals surface area contributed by atoms with Gasteiger partial charge in [0, 0.05) is 5.56 Å². The average molecular weight is 326 g/mol. The number of halogens is 8. The minimum Gasteiger partial charge on any atom is -0.204 e. The summed E-state index contributed by atoms with van der Waals surface area (Å²) in [6.45, 7) is 0. The molecule has 2 aromatic carbocycles. The lowest BCUT2D eigenvalue weighted by Crippen LogP contribution is -2.13. The second-order valence-electron chi connectivity index (χ2n) is 4.33. The Morgan fingerprint density at radius 1 is 0.636 bits per heavy atom. The van der Waals surface area contributed by atoms with Crippen molar-refractivity contribution >= 4 is 0 Å². The predicted molar refractivity (Wildman–Crippen MR) is 61.8 cm³/mol. The summed E-state index contributed by atoms with van der Waals surface area (Å²) >= 11 is 0. The second-order valence-corrected chi connectivity index (χ2v) is 4.33. The third-order valence-electron chi connectivity index (χ3n) is 2.90. The second kappa shape index (κ2) is 5.26. The van der Waals surface area contributed by atoms with Crippen molar-refractivity contribution in [1.29, 1.82) is 0 Å². The van der Waals surface area contributed by atoms with Crippen LogP contribution >= 0.6 is 0 Å². The molecular formula is C14H6F8. The fraction of sp³-hybridized carbons (Fsp3) is 0.143. The van der Waals surface area contributed by atoms with E-state index < -0.39 is 46.2 Å². The van der Waals surface area contributed by atoms with Crippen LogP contribution in [0, 0.1) is 11.6 Å². The summed E-state index contributed by atoms with van der Waals surface area (Å²) in [6, 6.07) is 3.54. The molecule has 22 heavy (non-hydrogen) atoms. The van der Waals surface area contributed by atoms with Gasteiger partial charge >= 0.3 is 12.4 Å². The van der Waals surface area contributed by atoms with Crippen molar-refractivity contribution in [3.05, 3.63) is 59.2 Å². The van der Waals surface area contributed by atoms with Gasteiger partial charge in [-0.15, -0.1) is 0 Å². The van der Waals surface area contributed by atoms with Crippen LogP contribution in [-0.2, 0) is 12.4 Å². The summed E-state index contributed by atoms with van der Waals surface area (Å²) in [7, 11) is 0. The lowest BCUT2D eigenvalue weighted by molar-refractivity contribution is -0.139. The first-order valence-electron chi connectivity index (χ1n) is 5.75. The zero-order valence-corrected chi connectivity index (χ0v) is 10.5. The van der Waals surface area contributed by atoms with Crippen LogP contribution in [0.5, 0.6) is 0 Å². The van der Waals surface area contributed by atoms with Gasteiger partial charge < -0.3 is 0 Å². The van der Waals surface area contributed by atoms with Crippen LogP contribution in [0.3, 0.4) is 0 Å². The number of alkyl halides is 6. The molecule has 0 amide bonds. The van der Waals surface area contributed by atoms with E-state index in [1.165, 1.54) is 0 Å². The summed E-state index contributed by atoms with van der Waals surface area (Å²) in [5, 5.41) is 0. The molecule has 2 aromatic rings. The maximum Gasteiger partial charge on any atom is 0.417 e. The maximum atomic E-state index is 13.8. The van der Waals surface area contributed by atoms with Gasteiger partial charge in [0.15, 0.2) is 11.6 Å². The van der Waals surface area contributed by atoms with Crippen molar-refractivity contribution in [2.45, 2.75) is 12.4 Å². The van der Waals surface area contributed by atoms with Crippen molar-refractivity contribution in [3.8, 4) is 11.1 Å². The van der Waals surface area contributed by atoms with Gasteiger partial charge in [0.05, 0.1) is 11.1 Å². The van der Waals surface area contributed by atoms with Crippen LogP contribution in [0.25, 0.3) is 11.1 Å². The van der Waals surface area contributed by atoms with Crippen molar-refractivity contribution in [3.63, 3.8) is 0 Å². The van der Waals surface area contributed by atoms with Gasteiger partial charge in [-0.2, -0.15) is 26.3 Å². The smallest absolute Gasteiger partial charge is 0.204 e. The summed E-state index contributed by atoms with van der Waals surface area (Å²) in [6.07, 6.45) is -10.2. The van der Waals surface area contributed by atoms with E-state index in [-0.39, 0.29) is 12.1 Å². The Morgan fingerprint density at radius 3 is 1.73 bits per heavy atom. The molecule has 8 heteroatoms. The fourth-order valence-electron chi connectivity index (χ4n) is 2.00. The topological polar surface area (TPSA) is 0 Å². The van der Waals surface area contributed by atoms with Gasteiger partial charge in [-0.05, 0) is 23.8 Å². The van der Waals surface area contributed by atoms with E-state index >= 15 is 0 Å². The Balaban J connectivity index is 2.87. The van der Waals surface area contributed by atoms with E-state index in [0.29, 0.717) is 12.1 Å². The highest BCUT2D eigenvalue weighted by Crippen LogP contribution is 2.43. The van der Waals surface area contributed by atoms with E-state index in [2.05, 4.69) is 0 Å². The summed E-state index contributed by atoms with van der Waals surface area (Å²) in [5.41, 5.74) is -5.69. The Kier molecular flexibility index (Phi) is 3.88. The maximum absolute atomic E-state index is 13.8. The predicted octanol–water partition coefficient (Wildman–Crippen LogP) is 5.67.